The molecule has 25 heavy (non-hydrogen) atoms. The summed E-state index contributed by atoms with van der Waals surface area (Å²) in [6, 6.07) is 14.4. The Morgan fingerprint density at radius 3 is 2.60 bits per heavy atom. The highest BCUT2D eigenvalue weighted by Gasteiger charge is 2.30. The van der Waals surface area contributed by atoms with Gasteiger partial charge >= 0.3 is 0 Å². The average Bonchev–Trinajstić information content (AvgIpc) is 3.05. The molecule has 5 heteroatoms. The van der Waals surface area contributed by atoms with Crippen molar-refractivity contribution in [2.75, 3.05) is 12.4 Å². The minimum Gasteiger partial charge on any atom is -0.497 e. The normalized spacial score (nSPS) is 16.2. The van der Waals surface area contributed by atoms with Gasteiger partial charge in [0.2, 0.25) is 5.91 Å². The van der Waals surface area contributed by atoms with Gasteiger partial charge in [0.1, 0.15) is 11.6 Å². The first kappa shape index (κ1) is 15.8. The third kappa shape index (κ3) is 2.81. The van der Waals surface area contributed by atoms with E-state index in [2.05, 4.69) is 5.32 Å². The van der Waals surface area contributed by atoms with Gasteiger partial charge in [-0.2, -0.15) is 0 Å². The summed E-state index contributed by atoms with van der Waals surface area (Å²) in [5.41, 5.74) is 3.03. The molecular formula is C20H16FNO2S. The molecule has 2 aromatic carbocycles. The van der Waals surface area contributed by atoms with E-state index in [1.807, 2.05) is 29.6 Å². The van der Waals surface area contributed by atoms with Crippen molar-refractivity contribution in [1.29, 1.82) is 0 Å². The molecule has 0 unspecified atom stereocenters. The number of hydrogen-bond donors (Lipinski definition) is 1. The summed E-state index contributed by atoms with van der Waals surface area (Å²) in [5.74, 6) is 0.413. The molecule has 2 heterocycles. The number of hydrogen-bond acceptors (Lipinski definition) is 3. The van der Waals surface area contributed by atoms with E-state index in [1.54, 1.807) is 36.6 Å². The van der Waals surface area contributed by atoms with E-state index in [9.17, 15) is 9.18 Å². The Morgan fingerprint density at radius 2 is 1.88 bits per heavy atom. The minimum atomic E-state index is -0.288. The van der Waals surface area contributed by atoms with Gasteiger partial charge in [0.25, 0.3) is 0 Å². The van der Waals surface area contributed by atoms with Crippen LogP contribution in [0.3, 0.4) is 0 Å². The van der Waals surface area contributed by atoms with Gasteiger partial charge in [-0.05, 0) is 23.8 Å². The third-order valence-electron chi connectivity index (χ3n) is 4.47. The predicted molar refractivity (Wildman–Crippen MR) is 97.8 cm³/mol. The van der Waals surface area contributed by atoms with Crippen LogP contribution in [-0.2, 0) is 4.79 Å². The van der Waals surface area contributed by atoms with Gasteiger partial charge in [0.15, 0.2) is 0 Å². The summed E-state index contributed by atoms with van der Waals surface area (Å²) in [6.07, 6.45) is 0.385. The molecule has 3 nitrogen and oxygen atoms in total. The van der Waals surface area contributed by atoms with Gasteiger partial charge in [0.05, 0.1) is 12.8 Å². The predicted octanol–water partition coefficient (Wildman–Crippen LogP) is 5.04. The number of anilines is 1. The Bertz CT molecular complexity index is 933. The van der Waals surface area contributed by atoms with E-state index in [0.717, 1.165) is 27.4 Å². The molecule has 1 atom stereocenters. The van der Waals surface area contributed by atoms with Crippen molar-refractivity contribution in [3.05, 3.63) is 70.2 Å². The summed E-state index contributed by atoms with van der Waals surface area (Å²) < 4.78 is 19.4. The topological polar surface area (TPSA) is 38.3 Å². The number of ether oxygens (including phenoxy) is 1. The minimum absolute atomic E-state index is 0.0276. The highest BCUT2D eigenvalue weighted by Crippen LogP contribution is 2.47. The first-order chi connectivity index (χ1) is 12.2. The summed E-state index contributed by atoms with van der Waals surface area (Å²) in [5, 5.41) is 4.86. The van der Waals surface area contributed by atoms with Crippen LogP contribution < -0.4 is 10.1 Å². The molecule has 0 bridgehead atoms. The van der Waals surface area contributed by atoms with E-state index in [-0.39, 0.29) is 17.6 Å². The second kappa shape index (κ2) is 6.33. The molecule has 1 aliphatic heterocycles. The summed E-state index contributed by atoms with van der Waals surface area (Å²) in [4.78, 5) is 13.3. The number of nitrogens with one attached hydrogen (secondary N) is 1. The monoisotopic (exact) mass is 353 g/mol. The quantitative estimate of drug-likeness (QED) is 0.717. The van der Waals surface area contributed by atoms with Crippen LogP contribution >= 0.6 is 11.3 Å². The maximum atomic E-state index is 14.2. The molecule has 1 aromatic heterocycles. The fraction of sp³-hybridized carbons (Fsp3) is 0.150. The smallest absolute Gasteiger partial charge is 0.225 e. The van der Waals surface area contributed by atoms with E-state index in [0.29, 0.717) is 12.0 Å². The number of thiophene rings is 1. The maximum absolute atomic E-state index is 14.2. The number of methoxy groups -OCH3 is 1. The van der Waals surface area contributed by atoms with Gasteiger partial charge in [-0.3, -0.25) is 4.79 Å². The van der Waals surface area contributed by atoms with Crippen LogP contribution in [0.4, 0.5) is 10.1 Å². The molecule has 126 valence electrons. The van der Waals surface area contributed by atoms with Crippen molar-refractivity contribution in [3.8, 4) is 16.9 Å². The van der Waals surface area contributed by atoms with Crippen molar-refractivity contribution in [2.45, 2.75) is 12.3 Å². The first-order valence-electron chi connectivity index (χ1n) is 7.97. The second-order valence-electron chi connectivity index (χ2n) is 5.95. The lowest BCUT2D eigenvalue weighted by Crippen LogP contribution is -2.22. The van der Waals surface area contributed by atoms with Gasteiger partial charge in [-0.25, -0.2) is 4.39 Å². The second-order valence-corrected chi connectivity index (χ2v) is 6.86. The standard InChI is InChI=1S/C20H16FNO2S/c1-24-13-8-6-12(7-9-13)15-10-18(23)22-19-16(11-25-20(15)19)14-4-2-3-5-17(14)21/h2-9,11,15H,10H2,1H3,(H,22,23)/t15-/m1/s1. The summed E-state index contributed by atoms with van der Waals surface area (Å²) >= 11 is 1.56. The van der Waals surface area contributed by atoms with Crippen LogP contribution in [0.1, 0.15) is 22.8 Å². The van der Waals surface area contributed by atoms with Gasteiger partial charge in [-0.15, -0.1) is 11.3 Å². The zero-order chi connectivity index (χ0) is 17.4. The lowest BCUT2D eigenvalue weighted by molar-refractivity contribution is -0.116. The molecule has 0 saturated carbocycles. The number of halogens is 1. The van der Waals surface area contributed by atoms with E-state index < -0.39 is 0 Å². The van der Waals surface area contributed by atoms with Crippen LogP contribution in [0.5, 0.6) is 5.75 Å². The molecule has 0 spiro atoms. The summed E-state index contributed by atoms with van der Waals surface area (Å²) in [7, 11) is 1.63. The molecule has 3 aromatic rings. The Hall–Kier alpha value is -2.66. The lowest BCUT2D eigenvalue weighted by Gasteiger charge is -2.24. The molecule has 0 fully saturated rings. The fourth-order valence-electron chi connectivity index (χ4n) is 3.21. The Morgan fingerprint density at radius 1 is 1.12 bits per heavy atom. The molecule has 1 aliphatic rings. The van der Waals surface area contributed by atoms with Crippen LogP contribution in [0.2, 0.25) is 0 Å². The Kier molecular flexibility index (Phi) is 4.01. The van der Waals surface area contributed by atoms with Crippen molar-refractivity contribution < 1.29 is 13.9 Å². The lowest BCUT2D eigenvalue weighted by atomic mass is 9.89. The molecule has 0 radical (unpaired) electrons. The highest BCUT2D eigenvalue weighted by atomic mass is 32.1. The molecular weight excluding hydrogens is 337 g/mol. The third-order valence-corrected chi connectivity index (χ3v) is 5.57. The first-order valence-corrected chi connectivity index (χ1v) is 8.85. The van der Waals surface area contributed by atoms with Crippen LogP contribution in [0, 0.1) is 5.82 Å². The van der Waals surface area contributed by atoms with Crippen LogP contribution in [0.25, 0.3) is 11.1 Å². The summed E-state index contributed by atoms with van der Waals surface area (Å²) in [6.45, 7) is 0. The fourth-order valence-corrected chi connectivity index (χ4v) is 4.36. The van der Waals surface area contributed by atoms with Crippen molar-refractivity contribution in [2.24, 2.45) is 0 Å². The zero-order valence-electron chi connectivity index (χ0n) is 13.6. The number of fused-ring (bicyclic) bond motifs is 1. The average molecular weight is 353 g/mol. The number of benzene rings is 2. The zero-order valence-corrected chi connectivity index (χ0v) is 14.4. The van der Waals surface area contributed by atoms with Crippen LogP contribution in [-0.4, -0.2) is 13.0 Å². The van der Waals surface area contributed by atoms with Crippen molar-refractivity contribution >= 4 is 22.9 Å². The largest absolute Gasteiger partial charge is 0.497 e. The molecule has 1 N–H and O–H groups in total. The van der Waals surface area contributed by atoms with Gasteiger partial charge in [0, 0.05) is 33.7 Å². The van der Waals surface area contributed by atoms with Gasteiger partial charge < -0.3 is 10.1 Å². The van der Waals surface area contributed by atoms with E-state index >= 15 is 0 Å². The van der Waals surface area contributed by atoms with Crippen LogP contribution in [0.15, 0.2) is 53.9 Å². The van der Waals surface area contributed by atoms with E-state index in [1.165, 1.54) is 6.07 Å². The molecule has 0 saturated heterocycles. The number of carbonyl (C=O) groups excluding carboxylic acids is 1. The van der Waals surface area contributed by atoms with Crippen molar-refractivity contribution in [3.63, 3.8) is 0 Å². The van der Waals surface area contributed by atoms with Gasteiger partial charge in [-0.1, -0.05) is 30.3 Å². The van der Waals surface area contributed by atoms with E-state index in [4.69, 9.17) is 4.74 Å². The highest BCUT2D eigenvalue weighted by molar-refractivity contribution is 7.11. The number of carbonyl (C=O) groups is 1. The number of amides is 1. The Balaban J connectivity index is 1.80. The Labute approximate surface area is 149 Å². The maximum Gasteiger partial charge on any atom is 0.225 e. The number of rotatable bonds is 3. The molecule has 0 aliphatic carbocycles. The molecule has 4 rings (SSSR count). The molecule has 1 amide bonds. The SMILES string of the molecule is COc1ccc([C@H]2CC(=O)Nc3c(-c4ccccc4F)csc32)cc1. The van der Waals surface area contributed by atoms with Crippen molar-refractivity contribution in [1.82, 2.24) is 0 Å².